The van der Waals surface area contributed by atoms with E-state index in [2.05, 4.69) is 9.72 Å². The Morgan fingerprint density at radius 2 is 1.81 bits per heavy atom. The second-order valence-corrected chi connectivity index (χ2v) is 3.91. The molecule has 21 heavy (non-hydrogen) atoms. The highest BCUT2D eigenvalue weighted by atomic mass is 19.4. The van der Waals surface area contributed by atoms with Crippen LogP contribution in [0.4, 0.5) is 13.2 Å². The number of halogens is 3. The molecule has 0 atom stereocenters. The Morgan fingerprint density at radius 1 is 1.14 bits per heavy atom. The lowest BCUT2D eigenvalue weighted by atomic mass is 10.2. The van der Waals surface area contributed by atoms with Gasteiger partial charge in [0.2, 0.25) is 11.5 Å². The van der Waals surface area contributed by atoms with Crippen molar-refractivity contribution in [1.29, 1.82) is 0 Å². The van der Waals surface area contributed by atoms with Crippen LogP contribution in [0.2, 0.25) is 0 Å². The summed E-state index contributed by atoms with van der Waals surface area (Å²) in [5.41, 5.74) is -1.19. The molecule has 0 aromatic carbocycles. The molecule has 2 aromatic rings. The molecule has 0 fully saturated rings. The summed E-state index contributed by atoms with van der Waals surface area (Å²) in [6, 6.07) is 4.12. The van der Waals surface area contributed by atoms with Crippen LogP contribution in [0.25, 0.3) is 0 Å². The van der Waals surface area contributed by atoms with E-state index in [-0.39, 0.29) is 17.2 Å². The molecule has 0 saturated heterocycles. The molecule has 0 radical (unpaired) electrons. The molecule has 0 N–H and O–H groups in total. The van der Waals surface area contributed by atoms with E-state index in [0.717, 1.165) is 19.2 Å². The van der Waals surface area contributed by atoms with Gasteiger partial charge in [-0.3, -0.25) is 9.78 Å². The van der Waals surface area contributed by atoms with Crippen molar-refractivity contribution in [2.75, 3.05) is 7.11 Å². The number of nitrogens with zero attached hydrogens (tertiary/aromatic N) is 1. The van der Waals surface area contributed by atoms with Crippen LogP contribution in [-0.4, -0.2) is 23.8 Å². The van der Waals surface area contributed by atoms with Crippen molar-refractivity contribution in [2.45, 2.75) is 6.18 Å². The highest BCUT2D eigenvalue weighted by Gasteiger charge is 2.31. The molecule has 2 heterocycles. The maximum Gasteiger partial charge on any atom is 0.417 e. The molecule has 0 spiro atoms. The topological polar surface area (TPSA) is 69.4 Å². The van der Waals surface area contributed by atoms with Crippen molar-refractivity contribution in [2.24, 2.45) is 0 Å². The average molecular weight is 299 g/mol. The second kappa shape index (κ2) is 5.39. The zero-order valence-corrected chi connectivity index (χ0v) is 10.6. The number of aromatic nitrogens is 1. The number of rotatable bonds is 3. The van der Waals surface area contributed by atoms with Gasteiger partial charge >= 0.3 is 12.1 Å². The summed E-state index contributed by atoms with van der Waals surface area (Å²) >= 11 is 0. The van der Waals surface area contributed by atoms with Gasteiger partial charge in [-0.15, -0.1) is 0 Å². The first kappa shape index (κ1) is 14.8. The second-order valence-electron chi connectivity index (χ2n) is 3.91. The molecule has 0 aliphatic rings. The summed E-state index contributed by atoms with van der Waals surface area (Å²) < 4.78 is 46.5. The maximum atomic E-state index is 12.4. The summed E-state index contributed by atoms with van der Waals surface area (Å²) in [7, 11) is 1.14. The number of methoxy groups -OCH3 is 1. The molecule has 0 bridgehead atoms. The number of furan rings is 1. The Labute approximate surface area is 116 Å². The Bertz CT molecular complexity index is 673. The van der Waals surface area contributed by atoms with Crippen molar-refractivity contribution in [3.63, 3.8) is 0 Å². The van der Waals surface area contributed by atoms with Crippen LogP contribution in [0.5, 0.6) is 0 Å². The predicted molar refractivity (Wildman–Crippen MR) is 62.7 cm³/mol. The minimum atomic E-state index is -4.53. The lowest BCUT2D eigenvalue weighted by molar-refractivity contribution is -0.137. The highest BCUT2D eigenvalue weighted by molar-refractivity contribution is 6.06. The average Bonchev–Trinajstić information content (AvgIpc) is 2.94. The normalized spacial score (nSPS) is 11.2. The minimum Gasteiger partial charge on any atom is -0.463 e. The first-order valence-electron chi connectivity index (χ1n) is 5.59. The lowest BCUT2D eigenvalue weighted by Gasteiger charge is -2.05. The number of esters is 1. The maximum absolute atomic E-state index is 12.4. The van der Waals surface area contributed by atoms with Gasteiger partial charge in [0.15, 0.2) is 5.76 Å². The third-order valence-corrected chi connectivity index (χ3v) is 2.54. The van der Waals surface area contributed by atoms with E-state index in [1.54, 1.807) is 0 Å². The van der Waals surface area contributed by atoms with Crippen molar-refractivity contribution in [3.8, 4) is 0 Å². The van der Waals surface area contributed by atoms with Gasteiger partial charge in [-0.1, -0.05) is 0 Å². The summed E-state index contributed by atoms with van der Waals surface area (Å²) in [5, 5.41) is 0. The molecule has 5 nitrogen and oxygen atoms in total. The summed E-state index contributed by atoms with van der Waals surface area (Å²) in [6.45, 7) is 0. The van der Waals surface area contributed by atoms with Crippen molar-refractivity contribution < 1.29 is 31.9 Å². The number of carbonyl (C=O) groups excluding carboxylic acids is 2. The molecule has 8 heteroatoms. The Morgan fingerprint density at radius 3 is 2.33 bits per heavy atom. The molecule has 110 valence electrons. The van der Waals surface area contributed by atoms with Crippen LogP contribution in [0.15, 0.2) is 34.9 Å². The van der Waals surface area contributed by atoms with E-state index >= 15 is 0 Å². The van der Waals surface area contributed by atoms with E-state index < -0.39 is 23.5 Å². The molecule has 0 aliphatic heterocycles. The molecule has 0 saturated carbocycles. The van der Waals surface area contributed by atoms with Crippen LogP contribution in [0.1, 0.15) is 32.4 Å². The Hall–Kier alpha value is -2.64. The number of hydrogen-bond donors (Lipinski definition) is 0. The molecule has 0 unspecified atom stereocenters. The van der Waals surface area contributed by atoms with Crippen LogP contribution in [0.3, 0.4) is 0 Å². The minimum absolute atomic E-state index is 0.187. The van der Waals surface area contributed by atoms with Crippen LogP contribution in [0, 0.1) is 0 Å². The van der Waals surface area contributed by atoms with Gasteiger partial charge in [-0.05, 0) is 24.3 Å². The fourth-order valence-corrected chi connectivity index (χ4v) is 1.49. The van der Waals surface area contributed by atoms with Gasteiger partial charge in [-0.2, -0.15) is 13.2 Å². The van der Waals surface area contributed by atoms with Gasteiger partial charge < -0.3 is 9.15 Å². The van der Waals surface area contributed by atoms with E-state index in [1.807, 2.05) is 0 Å². The SMILES string of the molecule is COC(=O)c1ccc(C(=O)c2ccc(C(F)(F)F)cn2)o1. The number of ketones is 1. The first-order valence-corrected chi connectivity index (χ1v) is 5.59. The van der Waals surface area contributed by atoms with Gasteiger partial charge in [0, 0.05) is 6.20 Å². The van der Waals surface area contributed by atoms with Crippen LogP contribution < -0.4 is 0 Å². The summed E-state index contributed by atoms with van der Waals surface area (Å²) in [6.07, 6.45) is -3.98. The van der Waals surface area contributed by atoms with Gasteiger partial charge in [0.1, 0.15) is 5.69 Å². The molecule has 0 aliphatic carbocycles. The van der Waals surface area contributed by atoms with Crippen molar-refractivity contribution in [3.05, 3.63) is 53.2 Å². The van der Waals surface area contributed by atoms with E-state index in [0.29, 0.717) is 6.20 Å². The summed E-state index contributed by atoms with van der Waals surface area (Å²) in [5.74, 6) is -1.91. The molecule has 0 amide bonds. The summed E-state index contributed by atoms with van der Waals surface area (Å²) in [4.78, 5) is 26.6. The van der Waals surface area contributed by atoms with E-state index in [4.69, 9.17) is 4.42 Å². The smallest absolute Gasteiger partial charge is 0.417 e. The Balaban J connectivity index is 2.24. The van der Waals surface area contributed by atoms with Gasteiger partial charge in [0.05, 0.1) is 12.7 Å². The van der Waals surface area contributed by atoms with E-state index in [1.165, 1.54) is 12.1 Å². The van der Waals surface area contributed by atoms with E-state index in [9.17, 15) is 22.8 Å². The number of alkyl halides is 3. The number of ether oxygens (including phenoxy) is 1. The molecular formula is C13H8F3NO4. The third kappa shape index (κ3) is 3.10. The van der Waals surface area contributed by atoms with Crippen LogP contribution >= 0.6 is 0 Å². The number of carbonyl (C=O) groups is 2. The zero-order valence-electron chi connectivity index (χ0n) is 10.6. The zero-order chi connectivity index (χ0) is 15.6. The molecule has 2 rings (SSSR count). The lowest BCUT2D eigenvalue weighted by Crippen LogP contribution is -2.08. The highest BCUT2D eigenvalue weighted by Crippen LogP contribution is 2.28. The monoisotopic (exact) mass is 299 g/mol. The number of pyridine rings is 1. The fourth-order valence-electron chi connectivity index (χ4n) is 1.49. The van der Waals surface area contributed by atoms with Gasteiger partial charge in [0.25, 0.3) is 0 Å². The predicted octanol–water partition coefficient (Wildman–Crippen LogP) is 2.71. The third-order valence-electron chi connectivity index (χ3n) is 2.54. The van der Waals surface area contributed by atoms with Crippen molar-refractivity contribution >= 4 is 11.8 Å². The first-order chi connectivity index (χ1) is 9.82. The molecule has 2 aromatic heterocycles. The quantitative estimate of drug-likeness (QED) is 0.644. The standard InChI is InChI=1S/C13H8F3NO4/c1-20-12(19)10-5-4-9(21-10)11(18)8-3-2-7(6-17-8)13(14,15)16/h2-6H,1H3. The molecular weight excluding hydrogens is 291 g/mol. The van der Waals surface area contributed by atoms with Crippen LogP contribution in [-0.2, 0) is 10.9 Å². The van der Waals surface area contributed by atoms with Gasteiger partial charge in [-0.25, -0.2) is 4.79 Å². The largest absolute Gasteiger partial charge is 0.463 e. The number of hydrogen-bond acceptors (Lipinski definition) is 5. The Kier molecular flexibility index (Phi) is 3.79. The fraction of sp³-hybridized carbons (Fsp3) is 0.154. The van der Waals surface area contributed by atoms with Crippen molar-refractivity contribution in [1.82, 2.24) is 4.98 Å².